The largest absolute Gasteiger partial charge is 0.495 e. The van der Waals surface area contributed by atoms with Gasteiger partial charge >= 0.3 is 0 Å². The van der Waals surface area contributed by atoms with E-state index < -0.39 is 0 Å². The molecule has 0 aliphatic carbocycles. The molecule has 1 aliphatic heterocycles. The van der Waals surface area contributed by atoms with Crippen LogP contribution in [0.5, 0.6) is 5.75 Å². The molecule has 1 atom stereocenters. The lowest BCUT2D eigenvalue weighted by Gasteiger charge is -2.23. The van der Waals surface area contributed by atoms with Crippen LogP contribution < -0.4 is 14.5 Å². The molecule has 154 valence electrons. The Hall–Kier alpha value is -2.96. The predicted molar refractivity (Wildman–Crippen MR) is 121 cm³/mol. The van der Waals surface area contributed by atoms with Crippen molar-refractivity contribution < 1.29 is 14.4 Å². The Morgan fingerprint density at radius 1 is 1.17 bits per heavy atom. The van der Waals surface area contributed by atoms with Gasteiger partial charge in [0.25, 0.3) is 0 Å². The molecule has 2 aromatic carbocycles. The van der Waals surface area contributed by atoms with Gasteiger partial charge in [-0.05, 0) is 29.3 Å². The Morgan fingerprint density at radius 3 is 2.63 bits per heavy atom. The zero-order valence-corrected chi connectivity index (χ0v) is 18.1. The van der Waals surface area contributed by atoms with Gasteiger partial charge in [0.2, 0.25) is 5.91 Å². The van der Waals surface area contributed by atoms with E-state index in [1.165, 1.54) is 27.4 Å². The van der Waals surface area contributed by atoms with E-state index in [-0.39, 0.29) is 5.91 Å². The molecular weight excluding hydrogens is 394 g/mol. The van der Waals surface area contributed by atoms with Crippen LogP contribution in [0.1, 0.15) is 24.6 Å². The quantitative estimate of drug-likeness (QED) is 0.661. The molecule has 6 heteroatoms. The maximum atomic E-state index is 12.4. The highest BCUT2D eigenvalue weighted by Gasteiger charge is 2.23. The Balaban J connectivity index is 1.47. The van der Waals surface area contributed by atoms with E-state index in [1.54, 1.807) is 18.9 Å². The zero-order chi connectivity index (χ0) is 20.9. The van der Waals surface area contributed by atoms with Gasteiger partial charge in [0.05, 0.1) is 25.9 Å². The van der Waals surface area contributed by atoms with Crippen molar-refractivity contribution in [2.45, 2.75) is 19.9 Å². The summed E-state index contributed by atoms with van der Waals surface area (Å²) in [5.41, 5.74) is 4.48. The minimum Gasteiger partial charge on any atom is -0.495 e. The summed E-state index contributed by atoms with van der Waals surface area (Å²) in [7, 11) is 1.61. The summed E-state index contributed by atoms with van der Waals surface area (Å²) in [6.07, 6.45) is 3.41. The van der Waals surface area contributed by atoms with Crippen molar-refractivity contribution in [1.82, 2.24) is 4.98 Å². The number of nitrogens with one attached hydrogen (secondary N) is 1. The minimum atomic E-state index is -0.0823. The molecule has 4 rings (SSSR count). The number of carbonyl (C=O) groups excluding carboxylic acids is 1. The lowest BCUT2D eigenvalue weighted by atomic mass is 9.99. The van der Waals surface area contributed by atoms with Crippen LogP contribution in [-0.4, -0.2) is 31.1 Å². The average molecular weight is 421 g/mol. The van der Waals surface area contributed by atoms with Crippen LogP contribution in [0.2, 0.25) is 0 Å². The predicted octanol–water partition coefficient (Wildman–Crippen LogP) is 3.71. The maximum Gasteiger partial charge on any atom is 0.230 e. The minimum absolute atomic E-state index is 0.0823. The van der Waals surface area contributed by atoms with Gasteiger partial charge in [-0.2, -0.15) is 0 Å². The van der Waals surface area contributed by atoms with E-state index >= 15 is 0 Å². The molecule has 0 spiro atoms. The van der Waals surface area contributed by atoms with Crippen molar-refractivity contribution in [3.63, 3.8) is 0 Å². The van der Waals surface area contributed by atoms with Gasteiger partial charge in [0, 0.05) is 18.7 Å². The van der Waals surface area contributed by atoms with E-state index in [2.05, 4.69) is 41.8 Å². The molecular formula is C24H26N3O2S+. The van der Waals surface area contributed by atoms with E-state index in [0.717, 1.165) is 31.7 Å². The second kappa shape index (κ2) is 9.24. The normalized spacial score (nSPS) is 16.1. The first kappa shape index (κ1) is 20.3. The smallest absolute Gasteiger partial charge is 0.230 e. The molecule has 0 saturated heterocycles. The average Bonchev–Trinajstić information content (AvgIpc) is 3.23. The third-order valence-electron chi connectivity index (χ3n) is 5.33. The number of ether oxygens (including phenoxy) is 1. The monoisotopic (exact) mass is 420 g/mol. The number of nitrogens with zero attached hydrogens (tertiary/aromatic N) is 2. The molecule has 0 fully saturated rings. The summed E-state index contributed by atoms with van der Waals surface area (Å²) in [6, 6.07) is 18.1. The van der Waals surface area contributed by atoms with Crippen molar-refractivity contribution in [2.75, 3.05) is 25.1 Å². The Labute approximate surface area is 181 Å². The fraction of sp³-hybridized carbons (Fsp3) is 0.250. The van der Waals surface area contributed by atoms with Crippen molar-refractivity contribution in [3.8, 4) is 5.75 Å². The number of methoxy groups -OCH3 is 1. The van der Waals surface area contributed by atoms with E-state index in [4.69, 9.17) is 9.72 Å². The second-order valence-corrected chi connectivity index (χ2v) is 8.21. The van der Waals surface area contributed by atoms with Gasteiger partial charge in [-0.25, -0.2) is 4.98 Å². The molecule has 0 saturated carbocycles. The highest BCUT2D eigenvalue weighted by Crippen LogP contribution is 2.35. The lowest BCUT2D eigenvalue weighted by molar-refractivity contribution is -0.909. The number of amides is 1. The molecule has 0 radical (unpaired) electrons. The summed E-state index contributed by atoms with van der Waals surface area (Å²) < 4.78 is 5.45. The fourth-order valence-corrected chi connectivity index (χ4v) is 4.70. The Bertz CT molecular complexity index is 1050. The summed E-state index contributed by atoms with van der Waals surface area (Å²) in [6.45, 7) is 4.47. The first-order chi connectivity index (χ1) is 14.7. The molecule has 1 N–H and O–H groups in total. The summed E-state index contributed by atoms with van der Waals surface area (Å²) in [4.78, 5) is 20.3. The zero-order valence-electron chi connectivity index (χ0n) is 17.3. The van der Waals surface area contributed by atoms with Gasteiger partial charge in [-0.3, -0.25) is 9.69 Å². The Morgan fingerprint density at radius 2 is 1.93 bits per heavy atom. The number of quaternary nitrogens is 1. The molecule has 1 aliphatic rings. The number of para-hydroxylation sites is 2. The SMILES string of the molecule is COc1ccccc1N(C(C)=O)c1nc(C[NH+]2CC=C(c3ccccc3)CC2)cs1. The van der Waals surface area contributed by atoms with Crippen molar-refractivity contribution in [1.29, 1.82) is 0 Å². The van der Waals surface area contributed by atoms with Gasteiger partial charge in [-0.15, -0.1) is 11.3 Å². The van der Waals surface area contributed by atoms with E-state index in [0.29, 0.717) is 16.6 Å². The number of carbonyl (C=O) groups is 1. The molecule has 3 aromatic rings. The first-order valence-corrected chi connectivity index (χ1v) is 11.0. The molecule has 1 amide bonds. The first-order valence-electron chi connectivity index (χ1n) is 10.1. The van der Waals surface area contributed by atoms with Gasteiger partial charge in [0.1, 0.15) is 18.0 Å². The maximum absolute atomic E-state index is 12.4. The number of rotatable bonds is 6. The van der Waals surface area contributed by atoms with Crippen molar-refractivity contribution in [2.24, 2.45) is 0 Å². The number of anilines is 2. The Kier molecular flexibility index (Phi) is 6.26. The van der Waals surface area contributed by atoms with Crippen molar-refractivity contribution in [3.05, 3.63) is 77.3 Å². The summed E-state index contributed by atoms with van der Waals surface area (Å²) in [5.74, 6) is 0.575. The van der Waals surface area contributed by atoms with Crippen LogP contribution in [0, 0.1) is 0 Å². The second-order valence-electron chi connectivity index (χ2n) is 7.37. The standard InChI is InChI=1S/C24H25N3O2S/c1-18(28)27(22-10-6-7-11-23(22)29-2)24-25-21(17-30-24)16-26-14-12-20(13-15-26)19-8-4-3-5-9-19/h3-12,17H,13-16H2,1-2H3/p+1. The van der Waals surface area contributed by atoms with E-state index in [9.17, 15) is 4.79 Å². The molecule has 30 heavy (non-hydrogen) atoms. The van der Waals surface area contributed by atoms with Gasteiger partial charge in [-0.1, -0.05) is 42.5 Å². The van der Waals surface area contributed by atoms with Crippen LogP contribution >= 0.6 is 11.3 Å². The molecule has 0 bridgehead atoms. The van der Waals surface area contributed by atoms with E-state index in [1.807, 2.05) is 24.3 Å². The third kappa shape index (κ3) is 4.45. The van der Waals surface area contributed by atoms with Crippen molar-refractivity contribution >= 4 is 33.6 Å². The molecule has 1 aromatic heterocycles. The summed E-state index contributed by atoms with van der Waals surface area (Å²) in [5, 5.41) is 2.74. The lowest BCUT2D eigenvalue weighted by Crippen LogP contribution is -3.11. The molecule has 1 unspecified atom stereocenters. The van der Waals surface area contributed by atoms with Crippen LogP contribution in [0.3, 0.4) is 0 Å². The number of benzene rings is 2. The topological polar surface area (TPSA) is 46.9 Å². The number of thiazole rings is 1. The number of aromatic nitrogens is 1. The highest BCUT2D eigenvalue weighted by atomic mass is 32.1. The van der Waals surface area contributed by atoms with Gasteiger partial charge in [0.15, 0.2) is 5.13 Å². The van der Waals surface area contributed by atoms with Crippen LogP contribution in [0.25, 0.3) is 5.57 Å². The summed E-state index contributed by atoms with van der Waals surface area (Å²) >= 11 is 1.50. The third-order valence-corrected chi connectivity index (χ3v) is 6.21. The highest BCUT2D eigenvalue weighted by molar-refractivity contribution is 7.14. The van der Waals surface area contributed by atoms with Gasteiger partial charge < -0.3 is 9.64 Å². The number of hydrogen-bond donors (Lipinski definition) is 1. The number of hydrogen-bond acceptors (Lipinski definition) is 4. The molecule has 5 nitrogen and oxygen atoms in total. The van der Waals surface area contributed by atoms with Crippen LogP contribution in [0.4, 0.5) is 10.8 Å². The van der Waals surface area contributed by atoms with Crippen LogP contribution in [0.15, 0.2) is 66.1 Å². The molecule has 2 heterocycles. The fourth-order valence-electron chi connectivity index (χ4n) is 3.82. The van der Waals surface area contributed by atoms with Crippen LogP contribution in [-0.2, 0) is 11.3 Å².